The van der Waals surface area contributed by atoms with E-state index in [1.165, 1.54) is 33.8 Å². The molecule has 0 N–H and O–H groups in total. The fourth-order valence-corrected chi connectivity index (χ4v) is 2.68. The molecular formula is C13H6N7O3P. The van der Waals surface area contributed by atoms with Crippen molar-refractivity contribution in [2.45, 2.75) is 0 Å². The minimum atomic E-state index is -0.489. The molecule has 10 nitrogen and oxygen atoms in total. The summed E-state index contributed by atoms with van der Waals surface area (Å²) in [6.07, 6.45) is 6.08. The molecule has 0 unspecified atom stereocenters. The van der Waals surface area contributed by atoms with E-state index in [1.807, 2.05) is 0 Å². The van der Waals surface area contributed by atoms with Crippen LogP contribution >= 0.6 is 7.92 Å². The van der Waals surface area contributed by atoms with Crippen LogP contribution in [0.3, 0.4) is 0 Å². The maximum absolute atomic E-state index is 11.5. The maximum atomic E-state index is 11.5. The third-order valence-electron chi connectivity index (χ3n) is 3.44. The molecule has 3 aromatic heterocycles. The molecule has 0 atom stereocenters. The van der Waals surface area contributed by atoms with Gasteiger partial charge in [-0.2, -0.15) is 0 Å². The second kappa shape index (κ2) is 5.38. The van der Waals surface area contributed by atoms with E-state index in [0.29, 0.717) is 22.4 Å². The van der Waals surface area contributed by atoms with Gasteiger partial charge in [-0.1, -0.05) is 0 Å². The Bertz CT molecular complexity index is 1210. The van der Waals surface area contributed by atoms with Crippen LogP contribution in [0.2, 0.25) is 0 Å². The SMILES string of the molecule is O=P#Cc1nnc2cnc3cc(-n4ccnc4)c([N+](=O)[O-])cc3n12. The predicted octanol–water partition coefficient (Wildman–Crippen LogP) is 1.97. The molecule has 0 aliphatic rings. The normalized spacial score (nSPS) is 10.8. The molecule has 4 rings (SSSR count). The van der Waals surface area contributed by atoms with Crippen molar-refractivity contribution in [1.29, 1.82) is 0 Å². The summed E-state index contributed by atoms with van der Waals surface area (Å²) in [5, 5.41) is 19.2. The number of benzene rings is 1. The first-order chi connectivity index (χ1) is 11.7. The van der Waals surface area contributed by atoms with Crippen LogP contribution in [0.25, 0.3) is 22.4 Å². The van der Waals surface area contributed by atoms with Crippen LogP contribution in [-0.2, 0) is 4.57 Å². The van der Waals surface area contributed by atoms with E-state index in [4.69, 9.17) is 0 Å². The number of rotatable bonds is 2. The average molecular weight is 339 g/mol. The molecule has 24 heavy (non-hydrogen) atoms. The van der Waals surface area contributed by atoms with E-state index in [2.05, 4.69) is 25.8 Å². The van der Waals surface area contributed by atoms with Crippen molar-refractivity contribution in [2.75, 3.05) is 0 Å². The van der Waals surface area contributed by atoms with Crippen molar-refractivity contribution in [2.24, 2.45) is 0 Å². The van der Waals surface area contributed by atoms with E-state index < -0.39 is 4.92 Å². The van der Waals surface area contributed by atoms with Crippen molar-refractivity contribution in [3.8, 4) is 11.3 Å². The Hall–Kier alpha value is -3.35. The molecule has 0 aliphatic heterocycles. The Balaban J connectivity index is 2.15. The van der Waals surface area contributed by atoms with Gasteiger partial charge in [0.1, 0.15) is 0 Å². The van der Waals surface area contributed by atoms with E-state index in [-0.39, 0.29) is 19.4 Å². The first-order valence-electron chi connectivity index (χ1n) is 6.58. The van der Waals surface area contributed by atoms with Gasteiger partial charge >= 0.3 is 133 Å². The number of nitro benzene ring substituents is 1. The van der Waals surface area contributed by atoms with E-state index >= 15 is 0 Å². The molecule has 0 amide bonds. The van der Waals surface area contributed by atoms with E-state index in [9.17, 15) is 14.7 Å². The second-order valence-electron chi connectivity index (χ2n) is 4.74. The van der Waals surface area contributed by atoms with Gasteiger partial charge in [-0.25, -0.2) is 0 Å². The molecule has 0 spiro atoms. The van der Waals surface area contributed by atoms with E-state index in [0.717, 1.165) is 0 Å². The Kier molecular flexibility index (Phi) is 3.19. The Morgan fingerprint density at radius 1 is 1.29 bits per heavy atom. The molecule has 3 heterocycles. The summed E-state index contributed by atoms with van der Waals surface area (Å²) in [6, 6.07) is 2.95. The Morgan fingerprint density at radius 3 is 2.88 bits per heavy atom. The van der Waals surface area contributed by atoms with Crippen molar-refractivity contribution >= 4 is 30.3 Å². The zero-order chi connectivity index (χ0) is 16.7. The predicted molar refractivity (Wildman–Crippen MR) is 82.7 cm³/mol. The van der Waals surface area contributed by atoms with Crippen LogP contribution in [0.5, 0.6) is 0 Å². The van der Waals surface area contributed by atoms with Gasteiger partial charge in [-0.15, -0.1) is 0 Å². The van der Waals surface area contributed by atoms with Crippen molar-refractivity contribution in [3.63, 3.8) is 0 Å². The van der Waals surface area contributed by atoms with Crippen LogP contribution in [0.15, 0.2) is 37.1 Å². The number of hydrogen-bond acceptors (Lipinski definition) is 7. The number of hydrogen-bond donors (Lipinski definition) is 0. The molecule has 0 saturated heterocycles. The number of aromatic nitrogens is 6. The van der Waals surface area contributed by atoms with Gasteiger partial charge in [0.2, 0.25) is 0 Å². The average Bonchev–Trinajstić information content (AvgIpc) is 3.23. The van der Waals surface area contributed by atoms with Gasteiger partial charge < -0.3 is 0 Å². The van der Waals surface area contributed by atoms with Crippen LogP contribution in [0.4, 0.5) is 5.69 Å². The number of nitrogens with zero attached hydrogens (tertiary/aromatic N) is 7. The minimum absolute atomic E-state index is 0.130. The summed E-state index contributed by atoms with van der Waals surface area (Å²) in [4.78, 5) is 19.2. The van der Waals surface area contributed by atoms with Gasteiger partial charge in [-0.05, 0) is 0 Å². The van der Waals surface area contributed by atoms with Crippen LogP contribution in [-0.4, -0.2) is 34.1 Å². The molecule has 116 valence electrons. The van der Waals surface area contributed by atoms with Crippen LogP contribution < -0.4 is 0 Å². The van der Waals surface area contributed by atoms with Crippen molar-refractivity contribution in [3.05, 3.63) is 53.0 Å². The first kappa shape index (κ1) is 14.3. The summed E-state index contributed by atoms with van der Waals surface area (Å²) >= 11 is 0. The summed E-state index contributed by atoms with van der Waals surface area (Å²) in [5.41, 5.74) is 3.99. The molecule has 1 aromatic carbocycles. The molecule has 0 radical (unpaired) electrons. The molecule has 4 aromatic rings. The van der Waals surface area contributed by atoms with Crippen molar-refractivity contribution in [1.82, 2.24) is 29.1 Å². The molecule has 11 heteroatoms. The Morgan fingerprint density at radius 2 is 2.17 bits per heavy atom. The van der Waals surface area contributed by atoms with Gasteiger partial charge in [-0.3, -0.25) is 0 Å². The molecular weight excluding hydrogens is 333 g/mol. The molecule has 0 aliphatic carbocycles. The van der Waals surface area contributed by atoms with E-state index in [1.54, 1.807) is 12.3 Å². The molecule has 0 saturated carbocycles. The van der Waals surface area contributed by atoms with Gasteiger partial charge in [0.05, 0.1) is 0 Å². The molecule has 0 bridgehead atoms. The topological polar surface area (TPSA) is 121 Å². The van der Waals surface area contributed by atoms with Crippen LogP contribution in [0.1, 0.15) is 5.82 Å². The number of nitro groups is 1. The summed E-state index contributed by atoms with van der Waals surface area (Å²) in [7, 11) is -0.363. The number of imidazole rings is 1. The standard InChI is InChI=1S/C13H6N7O3P/c21-20(22)11-4-9-8(3-10(11)18-2-1-14-7-18)15-5-12-16-17-13(6-24-23)19(9)12/h1-5,7H. The second-order valence-corrected chi connectivity index (χ2v) is 5.14. The quantitative estimate of drug-likeness (QED) is 0.311. The fraction of sp³-hybridized carbons (Fsp3) is 0. The zero-order valence-corrected chi connectivity index (χ0v) is 12.7. The zero-order valence-electron chi connectivity index (χ0n) is 11.8. The first-order valence-corrected chi connectivity index (χ1v) is 7.39. The van der Waals surface area contributed by atoms with Crippen LogP contribution in [0, 0.1) is 15.7 Å². The summed E-state index contributed by atoms with van der Waals surface area (Å²) in [5.74, 6) is 0.193. The third-order valence-corrected chi connectivity index (χ3v) is 3.74. The number of fused-ring (bicyclic) bond motifs is 3. The van der Waals surface area contributed by atoms with Gasteiger partial charge in [0, 0.05) is 0 Å². The third kappa shape index (κ3) is 2.10. The fourth-order valence-electron chi connectivity index (χ4n) is 2.45. The van der Waals surface area contributed by atoms with Gasteiger partial charge in [0.15, 0.2) is 0 Å². The van der Waals surface area contributed by atoms with Gasteiger partial charge in [0.25, 0.3) is 0 Å². The summed E-state index contributed by atoms with van der Waals surface area (Å²) < 4.78 is 13.9. The summed E-state index contributed by atoms with van der Waals surface area (Å²) in [6.45, 7) is 0. The molecule has 0 fully saturated rings. The monoisotopic (exact) mass is 339 g/mol. The van der Waals surface area contributed by atoms with Crippen molar-refractivity contribution < 1.29 is 9.49 Å². The Labute approximate surface area is 134 Å².